The molecule has 0 aliphatic heterocycles. The van der Waals surface area contributed by atoms with Crippen LogP contribution < -0.4 is 5.73 Å². The van der Waals surface area contributed by atoms with Crippen LogP contribution in [0.1, 0.15) is 19.3 Å². The first-order valence-corrected chi connectivity index (χ1v) is 4.52. The maximum Gasteiger partial charge on any atom is 0.0261 e. The number of nitrogens with two attached hydrogens (primary N) is 1. The molecule has 0 radical (unpaired) electrons. The second-order valence-corrected chi connectivity index (χ2v) is 3.00. The van der Waals surface area contributed by atoms with Gasteiger partial charge in [0.15, 0.2) is 0 Å². The highest BCUT2D eigenvalue weighted by Crippen LogP contribution is 2.09. The Morgan fingerprint density at radius 1 is 1.08 bits per heavy atom. The van der Waals surface area contributed by atoms with Gasteiger partial charge in [0, 0.05) is 6.04 Å². The van der Waals surface area contributed by atoms with Crippen LogP contribution >= 0.6 is 0 Å². The van der Waals surface area contributed by atoms with Gasteiger partial charge >= 0.3 is 0 Å². The van der Waals surface area contributed by atoms with E-state index in [-0.39, 0.29) is 6.04 Å². The third-order valence-corrected chi connectivity index (χ3v) is 1.70. The lowest BCUT2D eigenvalue weighted by Gasteiger charge is -2.06. The van der Waals surface area contributed by atoms with Gasteiger partial charge in [-0.15, -0.1) is 19.7 Å². The van der Waals surface area contributed by atoms with Gasteiger partial charge in [0.2, 0.25) is 0 Å². The Kier molecular flexibility index (Phi) is 6.93. The largest absolute Gasteiger partial charge is 0.324 e. The molecule has 0 rings (SSSR count). The summed E-state index contributed by atoms with van der Waals surface area (Å²) in [5.41, 5.74) is 7.11. The van der Waals surface area contributed by atoms with Crippen molar-refractivity contribution in [3.8, 4) is 0 Å². The topological polar surface area (TPSA) is 26.0 Å². The number of hydrogen-bond acceptors (Lipinski definition) is 1. The third kappa shape index (κ3) is 6.12. The molecule has 0 aliphatic carbocycles. The van der Waals surface area contributed by atoms with Gasteiger partial charge in [-0.25, -0.2) is 0 Å². The van der Waals surface area contributed by atoms with Gasteiger partial charge in [-0.3, -0.25) is 0 Å². The molecular formula is C12H19N. The molecule has 0 aliphatic rings. The van der Waals surface area contributed by atoms with E-state index in [1.165, 1.54) is 5.57 Å². The summed E-state index contributed by atoms with van der Waals surface area (Å²) in [6.07, 6.45) is 10.3. The summed E-state index contributed by atoms with van der Waals surface area (Å²) in [5.74, 6) is 0. The molecule has 0 spiro atoms. The second-order valence-electron chi connectivity index (χ2n) is 3.00. The zero-order valence-electron chi connectivity index (χ0n) is 8.21. The fraction of sp³-hybridized carbons (Fsp3) is 0.333. The van der Waals surface area contributed by atoms with Gasteiger partial charge in [-0.05, 0) is 19.3 Å². The highest BCUT2D eigenvalue weighted by atomic mass is 14.6. The average Bonchev–Trinajstić information content (AvgIpc) is 2.05. The van der Waals surface area contributed by atoms with E-state index in [2.05, 4.69) is 25.8 Å². The maximum absolute atomic E-state index is 5.83. The molecule has 0 aromatic rings. The number of rotatable bonds is 7. The van der Waals surface area contributed by atoms with Crippen LogP contribution in [0.2, 0.25) is 0 Å². The van der Waals surface area contributed by atoms with Crippen molar-refractivity contribution in [2.75, 3.05) is 0 Å². The van der Waals surface area contributed by atoms with Gasteiger partial charge in [0.1, 0.15) is 0 Å². The van der Waals surface area contributed by atoms with Gasteiger partial charge in [-0.2, -0.15) is 0 Å². The van der Waals surface area contributed by atoms with Crippen molar-refractivity contribution < 1.29 is 0 Å². The van der Waals surface area contributed by atoms with E-state index in [1.807, 2.05) is 18.2 Å². The van der Waals surface area contributed by atoms with Gasteiger partial charge in [0.05, 0.1) is 0 Å². The van der Waals surface area contributed by atoms with E-state index in [4.69, 9.17) is 5.73 Å². The Morgan fingerprint density at radius 3 is 2.00 bits per heavy atom. The van der Waals surface area contributed by atoms with Crippen LogP contribution in [0.4, 0.5) is 0 Å². The lowest BCUT2D eigenvalue weighted by Crippen LogP contribution is -2.16. The van der Waals surface area contributed by atoms with Crippen molar-refractivity contribution in [1.82, 2.24) is 0 Å². The smallest absolute Gasteiger partial charge is 0.0261 e. The van der Waals surface area contributed by atoms with Gasteiger partial charge in [-0.1, -0.05) is 29.9 Å². The first kappa shape index (κ1) is 11.9. The summed E-state index contributed by atoms with van der Waals surface area (Å²) < 4.78 is 0. The van der Waals surface area contributed by atoms with E-state index in [9.17, 15) is 0 Å². The van der Waals surface area contributed by atoms with E-state index in [1.54, 1.807) is 0 Å². The molecule has 1 nitrogen and oxygen atoms in total. The van der Waals surface area contributed by atoms with Crippen LogP contribution in [0.3, 0.4) is 0 Å². The molecule has 0 saturated carbocycles. The quantitative estimate of drug-likeness (QED) is 0.594. The predicted molar refractivity (Wildman–Crippen MR) is 60.5 cm³/mol. The van der Waals surface area contributed by atoms with E-state index in [0.717, 1.165) is 19.3 Å². The normalized spacial score (nSPS) is 11.5. The first-order chi connectivity index (χ1) is 6.24. The second kappa shape index (κ2) is 7.56. The monoisotopic (exact) mass is 177 g/mol. The van der Waals surface area contributed by atoms with Crippen LogP contribution in [0.25, 0.3) is 0 Å². The zero-order chi connectivity index (χ0) is 10.1. The molecule has 0 amide bonds. The highest BCUT2D eigenvalue weighted by Gasteiger charge is 1.97. The minimum atomic E-state index is 0.0763. The molecule has 2 N–H and O–H groups in total. The Bertz CT molecular complexity index is 189. The Morgan fingerprint density at radius 2 is 1.62 bits per heavy atom. The minimum Gasteiger partial charge on any atom is -0.324 e. The molecule has 1 heteroatoms. The molecule has 13 heavy (non-hydrogen) atoms. The lowest BCUT2D eigenvalue weighted by molar-refractivity contribution is 0.819. The standard InChI is InChI=1S/C12H19N/c1-4-7-11(8-5-2)10-12(13)9-6-3/h4-6,10,12H,1-3,7-9,13H2. The molecule has 0 fully saturated rings. The van der Waals surface area contributed by atoms with E-state index in [0.29, 0.717) is 0 Å². The van der Waals surface area contributed by atoms with Gasteiger partial charge in [0.25, 0.3) is 0 Å². The Hall–Kier alpha value is -1.08. The zero-order valence-corrected chi connectivity index (χ0v) is 8.21. The fourth-order valence-electron chi connectivity index (χ4n) is 1.15. The molecule has 0 heterocycles. The summed E-state index contributed by atoms with van der Waals surface area (Å²) in [5, 5.41) is 0. The van der Waals surface area contributed by atoms with Crippen molar-refractivity contribution in [3.05, 3.63) is 49.6 Å². The maximum atomic E-state index is 5.83. The summed E-state index contributed by atoms with van der Waals surface area (Å²) >= 11 is 0. The van der Waals surface area contributed by atoms with E-state index >= 15 is 0 Å². The summed E-state index contributed by atoms with van der Waals surface area (Å²) in [6, 6.07) is 0.0763. The van der Waals surface area contributed by atoms with Crippen LogP contribution in [-0.4, -0.2) is 6.04 Å². The molecule has 72 valence electrons. The summed E-state index contributed by atoms with van der Waals surface area (Å²) in [6.45, 7) is 11.1. The minimum absolute atomic E-state index is 0.0763. The molecule has 0 aromatic heterocycles. The number of hydrogen-bond donors (Lipinski definition) is 1. The van der Waals surface area contributed by atoms with E-state index < -0.39 is 0 Å². The highest BCUT2D eigenvalue weighted by molar-refractivity contribution is 5.13. The van der Waals surface area contributed by atoms with Crippen molar-refractivity contribution in [2.24, 2.45) is 5.73 Å². The Balaban J connectivity index is 4.21. The van der Waals surface area contributed by atoms with Crippen LogP contribution in [0.15, 0.2) is 49.6 Å². The van der Waals surface area contributed by atoms with Crippen LogP contribution in [0.5, 0.6) is 0 Å². The van der Waals surface area contributed by atoms with Crippen molar-refractivity contribution in [2.45, 2.75) is 25.3 Å². The predicted octanol–water partition coefficient (Wildman–Crippen LogP) is 2.97. The molecule has 0 aromatic carbocycles. The summed E-state index contributed by atoms with van der Waals surface area (Å²) in [4.78, 5) is 0. The average molecular weight is 177 g/mol. The first-order valence-electron chi connectivity index (χ1n) is 4.52. The molecule has 1 unspecified atom stereocenters. The van der Waals surface area contributed by atoms with Crippen molar-refractivity contribution >= 4 is 0 Å². The fourth-order valence-corrected chi connectivity index (χ4v) is 1.15. The van der Waals surface area contributed by atoms with Crippen LogP contribution in [-0.2, 0) is 0 Å². The van der Waals surface area contributed by atoms with Crippen LogP contribution in [0, 0.1) is 0 Å². The molecule has 1 atom stereocenters. The van der Waals surface area contributed by atoms with Crippen molar-refractivity contribution in [3.63, 3.8) is 0 Å². The third-order valence-electron chi connectivity index (χ3n) is 1.70. The SMILES string of the molecule is C=CCC(=CC(N)CC=C)CC=C. The lowest BCUT2D eigenvalue weighted by atomic mass is 10.0. The Labute approximate surface area is 81.3 Å². The molecule has 0 saturated heterocycles. The number of allylic oxidation sites excluding steroid dienone is 3. The molecule has 0 bridgehead atoms. The van der Waals surface area contributed by atoms with Crippen molar-refractivity contribution in [1.29, 1.82) is 0 Å². The summed E-state index contributed by atoms with van der Waals surface area (Å²) in [7, 11) is 0. The molecular weight excluding hydrogens is 158 g/mol. The van der Waals surface area contributed by atoms with Gasteiger partial charge < -0.3 is 5.73 Å².